The van der Waals surface area contributed by atoms with Crippen LogP contribution in [0.1, 0.15) is 39.0 Å². The van der Waals surface area contributed by atoms with Crippen LogP contribution in [0.25, 0.3) is 0 Å². The van der Waals surface area contributed by atoms with Gasteiger partial charge in [-0.25, -0.2) is 4.79 Å². The lowest BCUT2D eigenvalue weighted by Crippen LogP contribution is -2.16. The molecule has 0 unspecified atom stereocenters. The van der Waals surface area contributed by atoms with Gasteiger partial charge in [-0.1, -0.05) is 32.4 Å². The zero-order valence-corrected chi connectivity index (χ0v) is 11.3. The van der Waals surface area contributed by atoms with E-state index in [0.717, 1.165) is 12.8 Å². The largest absolute Gasteiger partial charge is 0.466 e. The molecule has 0 heterocycles. The Kier molecular flexibility index (Phi) is 7.76. The lowest BCUT2D eigenvalue weighted by Gasteiger charge is -2.21. The van der Waals surface area contributed by atoms with Gasteiger partial charge >= 0.3 is 5.97 Å². The minimum atomic E-state index is -0.435. The van der Waals surface area contributed by atoms with Gasteiger partial charge in [0.25, 0.3) is 0 Å². The second kappa shape index (κ2) is 8.50. The Hall–Kier alpha value is -1.58. The Morgan fingerprint density at radius 1 is 1.17 bits per heavy atom. The molecule has 0 spiro atoms. The maximum absolute atomic E-state index is 11.1. The zero-order chi connectivity index (χ0) is 14.1. The first kappa shape index (κ1) is 16.4. The van der Waals surface area contributed by atoms with E-state index in [1.54, 1.807) is 6.92 Å². The van der Waals surface area contributed by atoms with Crippen LogP contribution < -0.4 is 5.73 Å². The molecule has 0 aromatic carbocycles. The third-order valence-corrected chi connectivity index (χ3v) is 2.97. The van der Waals surface area contributed by atoms with Gasteiger partial charge in [-0.3, -0.25) is 4.79 Å². The summed E-state index contributed by atoms with van der Waals surface area (Å²) < 4.78 is 4.63. The summed E-state index contributed by atoms with van der Waals surface area (Å²) in [6.07, 6.45) is 5.95. The normalized spacial score (nSPS) is 15.0. The molecular formula is C14H23NO3. The third kappa shape index (κ3) is 6.23. The number of carbonyl (C=O) groups is 2. The summed E-state index contributed by atoms with van der Waals surface area (Å²) in [6.45, 7) is 8.63. The molecule has 1 amide bonds. The molecular weight excluding hydrogens is 230 g/mol. The highest BCUT2D eigenvalue weighted by molar-refractivity contribution is 5.90. The Morgan fingerprint density at radius 3 is 1.94 bits per heavy atom. The van der Waals surface area contributed by atoms with Gasteiger partial charge in [0.1, 0.15) is 0 Å². The Morgan fingerprint density at radius 2 is 1.61 bits per heavy atom. The van der Waals surface area contributed by atoms with Gasteiger partial charge in [-0.2, -0.15) is 0 Å². The molecule has 18 heavy (non-hydrogen) atoms. The number of ether oxygens (including phenoxy) is 1. The molecule has 1 saturated carbocycles. The molecule has 0 radical (unpaired) electrons. The molecule has 1 rings (SSSR count). The van der Waals surface area contributed by atoms with Gasteiger partial charge < -0.3 is 10.5 Å². The lowest BCUT2D eigenvalue weighted by atomic mass is 9.84. The fourth-order valence-electron chi connectivity index (χ4n) is 1.75. The van der Waals surface area contributed by atoms with Crippen molar-refractivity contribution in [2.45, 2.75) is 39.0 Å². The Labute approximate surface area is 109 Å². The number of hydrogen-bond acceptors (Lipinski definition) is 3. The molecule has 102 valence electrons. The molecule has 0 aliphatic heterocycles. The van der Waals surface area contributed by atoms with E-state index in [0.29, 0.717) is 17.1 Å². The summed E-state index contributed by atoms with van der Waals surface area (Å²) in [7, 11) is 1.41. The van der Waals surface area contributed by atoms with Crippen molar-refractivity contribution in [2.24, 2.45) is 11.7 Å². The average molecular weight is 253 g/mol. The van der Waals surface area contributed by atoms with E-state index in [2.05, 4.69) is 17.9 Å². The van der Waals surface area contributed by atoms with E-state index in [-0.39, 0.29) is 5.97 Å². The first-order chi connectivity index (χ1) is 8.40. The molecule has 0 bridgehead atoms. The maximum atomic E-state index is 11.1. The van der Waals surface area contributed by atoms with Crippen LogP contribution in [0.15, 0.2) is 24.3 Å². The fraction of sp³-hybridized carbons (Fsp3) is 0.571. The van der Waals surface area contributed by atoms with Crippen molar-refractivity contribution >= 4 is 11.9 Å². The number of rotatable bonds is 3. The standard InChI is InChI=1S/C10H16O2.C4H7NO/c1-8(10(11)12-2)9-6-4-3-5-7-9;1-3(2)4(5)6/h9H,1,3-7H2,2H3;1H2,2H3,(H2,5,6). The quantitative estimate of drug-likeness (QED) is 0.620. The van der Waals surface area contributed by atoms with Crippen LogP contribution in [-0.2, 0) is 14.3 Å². The maximum Gasteiger partial charge on any atom is 0.333 e. The molecule has 1 fully saturated rings. The topological polar surface area (TPSA) is 69.4 Å². The molecule has 2 N–H and O–H groups in total. The van der Waals surface area contributed by atoms with Gasteiger partial charge in [0.05, 0.1) is 7.11 Å². The summed E-state index contributed by atoms with van der Waals surface area (Å²) in [5, 5.41) is 0. The van der Waals surface area contributed by atoms with Crippen LogP contribution >= 0.6 is 0 Å². The average Bonchev–Trinajstić information content (AvgIpc) is 2.38. The lowest BCUT2D eigenvalue weighted by molar-refractivity contribution is -0.136. The Bertz CT molecular complexity index is 316. The van der Waals surface area contributed by atoms with Gasteiger partial charge in [-0.15, -0.1) is 0 Å². The van der Waals surface area contributed by atoms with E-state index in [9.17, 15) is 9.59 Å². The minimum absolute atomic E-state index is 0.234. The van der Waals surface area contributed by atoms with Crippen LogP contribution in [0.5, 0.6) is 0 Å². The highest BCUT2D eigenvalue weighted by atomic mass is 16.5. The van der Waals surface area contributed by atoms with Gasteiger partial charge in [0.2, 0.25) is 5.91 Å². The molecule has 1 aliphatic carbocycles. The first-order valence-corrected chi connectivity index (χ1v) is 6.12. The van der Waals surface area contributed by atoms with E-state index in [1.165, 1.54) is 26.4 Å². The third-order valence-electron chi connectivity index (χ3n) is 2.97. The number of methoxy groups -OCH3 is 1. The van der Waals surface area contributed by atoms with Gasteiger partial charge in [-0.05, 0) is 25.7 Å². The number of nitrogens with two attached hydrogens (primary N) is 1. The molecule has 4 nitrogen and oxygen atoms in total. The summed E-state index contributed by atoms with van der Waals surface area (Å²) in [5.41, 5.74) is 5.76. The van der Waals surface area contributed by atoms with E-state index in [4.69, 9.17) is 5.73 Å². The van der Waals surface area contributed by atoms with Crippen molar-refractivity contribution in [1.82, 2.24) is 0 Å². The van der Waals surface area contributed by atoms with Crippen LogP contribution in [0, 0.1) is 5.92 Å². The summed E-state index contributed by atoms with van der Waals surface area (Å²) in [5.74, 6) is -0.289. The number of hydrogen-bond donors (Lipinski definition) is 1. The molecule has 0 aromatic heterocycles. The Balaban J connectivity index is 0.000000411. The van der Waals surface area contributed by atoms with E-state index in [1.807, 2.05) is 0 Å². The molecule has 0 atom stereocenters. The van der Waals surface area contributed by atoms with Crippen LogP contribution in [-0.4, -0.2) is 19.0 Å². The van der Waals surface area contributed by atoms with Crippen molar-refractivity contribution in [3.63, 3.8) is 0 Å². The van der Waals surface area contributed by atoms with Crippen molar-refractivity contribution in [1.29, 1.82) is 0 Å². The van der Waals surface area contributed by atoms with Gasteiger partial charge in [0.15, 0.2) is 0 Å². The summed E-state index contributed by atoms with van der Waals surface area (Å²) >= 11 is 0. The molecule has 0 aromatic rings. The number of primary amides is 1. The highest BCUT2D eigenvalue weighted by Gasteiger charge is 2.21. The SMILES string of the molecule is C=C(C(=O)OC)C1CCCCC1.C=C(C)C(N)=O. The molecule has 1 aliphatic rings. The highest BCUT2D eigenvalue weighted by Crippen LogP contribution is 2.29. The second-order valence-corrected chi connectivity index (χ2v) is 4.50. The monoisotopic (exact) mass is 253 g/mol. The van der Waals surface area contributed by atoms with Crippen molar-refractivity contribution in [3.05, 3.63) is 24.3 Å². The van der Waals surface area contributed by atoms with Crippen LogP contribution in [0.3, 0.4) is 0 Å². The van der Waals surface area contributed by atoms with Crippen LogP contribution in [0.4, 0.5) is 0 Å². The summed E-state index contributed by atoms with van der Waals surface area (Å²) in [4.78, 5) is 20.9. The number of esters is 1. The minimum Gasteiger partial charge on any atom is -0.466 e. The molecule has 0 saturated heterocycles. The van der Waals surface area contributed by atoms with E-state index < -0.39 is 5.91 Å². The van der Waals surface area contributed by atoms with Gasteiger partial charge in [0, 0.05) is 11.1 Å². The first-order valence-electron chi connectivity index (χ1n) is 6.12. The smallest absolute Gasteiger partial charge is 0.333 e. The second-order valence-electron chi connectivity index (χ2n) is 4.50. The predicted molar refractivity (Wildman–Crippen MR) is 71.7 cm³/mol. The predicted octanol–water partition coefficient (Wildman–Crippen LogP) is 2.34. The fourth-order valence-corrected chi connectivity index (χ4v) is 1.75. The van der Waals surface area contributed by atoms with Crippen molar-refractivity contribution in [3.8, 4) is 0 Å². The summed E-state index contributed by atoms with van der Waals surface area (Å²) in [6, 6.07) is 0. The van der Waals surface area contributed by atoms with Crippen LogP contribution in [0.2, 0.25) is 0 Å². The number of amides is 1. The molecule has 4 heteroatoms. The van der Waals surface area contributed by atoms with Crippen molar-refractivity contribution in [2.75, 3.05) is 7.11 Å². The zero-order valence-electron chi connectivity index (χ0n) is 11.3. The van der Waals surface area contributed by atoms with Crippen molar-refractivity contribution < 1.29 is 14.3 Å². The number of carbonyl (C=O) groups excluding carboxylic acids is 2. The van der Waals surface area contributed by atoms with E-state index >= 15 is 0 Å².